The van der Waals surface area contributed by atoms with Gasteiger partial charge in [0.25, 0.3) is 10.1 Å². The van der Waals surface area contributed by atoms with E-state index in [0.717, 1.165) is 27.8 Å². The molecule has 0 aliphatic heterocycles. The lowest BCUT2D eigenvalue weighted by molar-refractivity contribution is -0.0584. The van der Waals surface area contributed by atoms with E-state index in [2.05, 4.69) is 0 Å². The van der Waals surface area contributed by atoms with Crippen LogP contribution in [0.2, 0.25) is 0 Å². The van der Waals surface area contributed by atoms with Crippen LogP contribution in [0.5, 0.6) is 0 Å². The average Bonchev–Trinajstić information content (AvgIpc) is 3.38. The van der Waals surface area contributed by atoms with Crippen molar-refractivity contribution in [3.63, 3.8) is 0 Å². The number of fused-ring (bicyclic) bond motifs is 3. The van der Waals surface area contributed by atoms with Gasteiger partial charge in [-0.2, -0.15) is 13.3 Å². The van der Waals surface area contributed by atoms with Gasteiger partial charge in [0, 0.05) is 12.0 Å². The lowest BCUT2D eigenvalue weighted by Crippen LogP contribution is -2.44. The van der Waals surface area contributed by atoms with Crippen LogP contribution in [0, 0.1) is 0 Å². The number of benzene rings is 2. The van der Waals surface area contributed by atoms with Crippen LogP contribution in [0.1, 0.15) is 106 Å². The van der Waals surface area contributed by atoms with Crippen LogP contribution >= 0.6 is 0 Å². The maximum absolute atomic E-state index is 14.0. The van der Waals surface area contributed by atoms with E-state index < -0.39 is 50.9 Å². The number of anilines is 1. The molecule has 0 aliphatic carbocycles. The van der Waals surface area contributed by atoms with Gasteiger partial charge in [-0.1, -0.05) is 36.4 Å². The third-order valence-corrected chi connectivity index (χ3v) is 8.60. The van der Waals surface area contributed by atoms with Gasteiger partial charge in [0.2, 0.25) is 0 Å². The van der Waals surface area contributed by atoms with Gasteiger partial charge < -0.3 is 28.3 Å². The van der Waals surface area contributed by atoms with Gasteiger partial charge in [-0.05, 0) is 119 Å². The summed E-state index contributed by atoms with van der Waals surface area (Å²) in [6, 6.07) is 13.5. The van der Waals surface area contributed by atoms with Crippen molar-refractivity contribution in [2.24, 2.45) is 0 Å². The molecule has 0 radical (unpaired) electrons. The molecular formula is C42H58N4O11S. The molecule has 318 valence electrons. The zero-order chi connectivity index (χ0) is 43.4. The van der Waals surface area contributed by atoms with Gasteiger partial charge >= 0.3 is 18.3 Å². The Labute approximate surface area is 341 Å². The predicted molar refractivity (Wildman–Crippen MR) is 220 cm³/mol. The van der Waals surface area contributed by atoms with E-state index in [9.17, 15) is 22.8 Å². The van der Waals surface area contributed by atoms with Crippen molar-refractivity contribution in [3.05, 3.63) is 65.0 Å². The highest BCUT2D eigenvalue weighted by molar-refractivity contribution is 7.85. The second-order valence-corrected chi connectivity index (χ2v) is 19.3. The number of imide groups is 1. The van der Waals surface area contributed by atoms with E-state index in [1.807, 2.05) is 54.0 Å². The molecule has 15 nitrogen and oxygen atoms in total. The highest BCUT2D eigenvalue weighted by Gasteiger charge is 2.37. The molecule has 2 heterocycles. The highest BCUT2D eigenvalue weighted by atomic mass is 32.2. The highest BCUT2D eigenvalue weighted by Crippen LogP contribution is 2.36. The number of carbonyl (C=O) groups excluding carboxylic acids is 3. The Balaban J connectivity index is 1.94. The van der Waals surface area contributed by atoms with Crippen molar-refractivity contribution >= 4 is 56.2 Å². The number of pyridine rings is 1. The van der Waals surface area contributed by atoms with Gasteiger partial charge in [-0.15, -0.1) is 0 Å². The number of rotatable bonds is 13. The second kappa shape index (κ2) is 17.6. The van der Waals surface area contributed by atoms with E-state index in [0.29, 0.717) is 41.7 Å². The van der Waals surface area contributed by atoms with Crippen molar-refractivity contribution in [2.45, 2.75) is 131 Å². The molecular weight excluding hydrogens is 769 g/mol. The number of hydrogen-bond acceptors (Lipinski definition) is 13. The second-order valence-electron chi connectivity index (χ2n) is 17.6. The van der Waals surface area contributed by atoms with E-state index in [1.54, 1.807) is 76.2 Å². The summed E-state index contributed by atoms with van der Waals surface area (Å²) in [6.45, 7) is 21.2. The Kier molecular flexibility index (Phi) is 13.9. The molecule has 4 aromatic rings. The summed E-state index contributed by atoms with van der Waals surface area (Å²) in [7, 11) is -3.53. The molecule has 2 amide bonds. The molecule has 2 aromatic heterocycles. The minimum absolute atomic E-state index is 0.0436. The Bertz CT molecular complexity index is 2200. The number of amides is 2. The quantitative estimate of drug-likeness (QED) is 0.0712. The summed E-state index contributed by atoms with van der Waals surface area (Å²) in [5.41, 5.74) is -0.0239. The summed E-state index contributed by atoms with van der Waals surface area (Å²) in [6.07, 6.45) is -0.925. The Morgan fingerprint density at radius 2 is 1.29 bits per heavy atom. The standard InChI is InChI=1S/C42H58N4O11S/c1-14-52-25-32-44-33-34(45(32)26-42(11,12)57-38(49)56-41(8,9)10)30-20-19-29(23-28-17-15-27(16-18-28)21-22-53-58(13,50)51)24-31(30)43-35(33)46(36(47)54-39(2,3)4)37(48)55-40(5,6)7/h15-20,24H,14,21-23,25-26H2,1-13H3. The fourth-order valence-electron chi connectivity index (χ4n) is 5.85. The smallest absolute Gasteiger partial charge is 0.443 e. The molecule has 0 spiro atoms. The summed E-state index contributed by atoms with van der Waals surface area (Å²) >= 11 is 0. The number of ether oxygens (including phenoxy) is 5. The van der Waals surface area contributed by atoms with Gasteiger partial charge in [0.1, 0.15) is 40.4 Å². The Morgan fingerprint density at radius 1 is 0.741 bits per heavy atom. The zero-order valence-corrected chi connectivity index (χ0v) is 36.8. The molecule has 0 saturated carbocycles. The molecule has 4 rings (SSSR count). The molecule has 0 unspecified atom stereocenters. The van der Waals surface area contributed by atoms with Crippen LogP contribution in [-0.4, -0.2) is 83.2 Å². The number of carbonyl (C=O) groups is 3. The molecule has 58 heavy (non-hydrogen) atoms. The predicted octanol–water partition coefficient (Wildman–Crippen LogP) is 8.64. The topological polar surface area (TPSA) is 175 Å². The molecule has 0 fully saturated rings. The molecule has 0 N–H and O–H groups in total. The summed E-state index contributed by atoms with van der Waals surface area (Å²) in [5, 5.41) is 0.639. The fourth-order valence-corrected chi connectivity index (χ4v) is 6.23. The van der Waals surface area contributed by atoms with Crippen LogP contribution in [-0.2, 0) is 64.0 Å². The molecule has 0 saturated heterocycles. The summed E-state index contributed by atoms with van der Waals surface area (Å²) < 4.78 is 58.1. The molecule has 16 heteroatoms. The first kappa shape index (κ1) is 45.9. The normalized spacial score (nSPS) is 12.8. The number of hydrogen-bond donors (Lipinski definition) is 0. The van der Waals surface area contributed by atoms with Crippen molar-refractivity contribution in [3.8, 4) is 0 Å². The number of nitrogens with zero attached hydrogens (tertiary/aromatic N) is 4. The minimum Gasteiger partial charge on any atom is -0.443 e. The van der Waals surface area contributed by atoms with E-state index >= 15 is 0 Å². The zero-order valence-electron chi connectivity index (χ0n) is 36.0. The van der Waals surface area contributed by atoms with E-state index in [1.165, 1.54) is 0 Å². The molecule has 0 atom stereocenters. The Morgan fingerprint density at radius 3 is 1.83 bits per heavy atom. The third kappa shape index (κ3) is 13.4. The largest absolute Gasteiger partial charge is 0.509 e. The van der Waals surface area contributed by atoms with Gasteiger partial charge in [0.05, 0.1) is 30.4 Å². The number of imidazole rings is 1. The average molecular weight is 827 g/mol. The monoisotopic (exact) mass is 826 g/mol. The van der Waals surface area contributed by atoms with Crippen LogP contribution < -0.4 is 4.90 Å². The van der Waals surface area contributed by atoms with Gasteiger partial charge in [-0.3, -0.25) is 4.18 Å². The SMILES string of the molecule is CCOCc1nc2c(N(C(=O)OC(C)(C)C)C(=O)OC(C)(C)C)nc3cc(Cc4ccc(CCOS(C)(=O)=O)cc4)ccc3c2n1CC(C)(C)OC(=O)OC(C)(C)C. The summed E-state index contributed by atoms with van der Waals surface area (Å²) in [4.78, 5) is 51.6. The summed E-state index contributed by atoms with van der Waals surface area (Å²) in [5.74, 6) is 0.305. The van der Waals surface area contributed by atoms with Gasteiger partial charge in [0.15, 0.2) is 5.82 Å². The van der Waals surface area contributed by atoms with Crippen molar-refractivity contribution in [1.29, 1.82) is 0 Å². The van der Waals surface area contributed by atoms with Crippen molar-refractivity contribution < 1.29 is 50.7 Å². The first-order valence-electron chi connectivity index (χ1n) is 19.1. The fraction of sp³-hybridized carbons (Fsp3) is 0.548. The minimum atomic E-state index is -3.53. The van der Waals surface area contributed by atoms with E-state index in [-0.39, 0.29) is 31.1 Å². The van der Waals surface area contributed by atoms with E-state index in [4.69, 9.17) is 37.8 Å². The third-order valence-electron chi connectivity index (χ3n) is 8.01. The van der Waals surface area contributed by atoms with Crippen LogP contribution in [0.4, 0.5) is 20.2 Å². The van der Waals surface area contributed by atoms with Crippen LogP contribution in [0.15, 0.2) is 42.5 Å². The number of aromatic nitrogens is 3. The van der Waals surface area contributed by atoms with Crippen LogP contribution in [0.3, 0.4) is 0 Å². The molecule has 2 aromatic carbocycles. The lowest BCUT2D eigenvalue weighted by atomic mass is 10.0. The maximum atomic E-state index is 14.0. The first-order chi connectivity index (χ1) is 26.6. The molecule has 0 aliphatic rings. The van der Waals surface area contributed by atoms with Crippen LogP contribution in [0.25, 0.3) is 21.9 Å². The van der Waals surface area contributed by atoms with Crippen molar-refractivity contribution in [2.75, 3.05) is 24.4 Å². The van der Waals surface area contributed by atoms with Crippen molar-refractivity contribution in [1.82, 2.24) is 14.5 Å². The Hall–Kier alpha value is -4.80. The maximum Gasteiger partial charge on any atom is 0.509 e. The first-order valence-corrected chi connectivity index (χ1v) is 20.9. The molecule has 0 bridgehead atoms. The lowest BCUT2D eigenvalue weighted by Gasteiger charge is -2.29. The van der Waals surface area contributed by atoms with Gasteiger partial charge in [-0.25, -0.2) is 24.4 Å².